The lowest BCUT2D eigenvalue weighted by Gasteiger charge is -2.09. The molecule has 0 fully saturated rings. The van der Waals surface area contributed by atoms with Crippen LogP contribution in [0.5, 0.6) is 11.5 Å². The van der Waals surface area contributed by atoms with E-state index >= 15 is 0 Å². The van der Waals surface area contributed by atoms with E-state index in [2.05, 4.69) is 4.98 Å². The van der Waals surface area contributed by atoms with Crippen molar-refractivity contribution in [1.82, 2.24) is 4.98 Å². The molecule has 0 bridgehead atoms. The van der Waals surface area contributed by atoms with Crippen molar-refractivity contribution in [2.24, 2.45) is 0 Å². The van der Waals surface area contributed by atoms with Crippen LogP contribution in [0.3, 0.4) is 0 Å². The van der Waals surface area contributed by atoms with E-state index in [0.29, 0.717) is 23.8 Å². The normalized spacial score (nSPS) is 10.5. The van der Waals surface area contributed by atoms with Crippen molar-refractivity contribution in [3.8, 4) is 22.1 Å². The molecule has 0 aliphatic carbocycles. The fraction of sp³-hybridized carbons (Fsp3) is 0.200. The van der Waals surface area contributed by atoms with E-state index < -0.39 is 11.8 Å². The van der Waals surface area contributed by atoms with Gasteiger partial charge in [0.1, 0.15) is 17.4 Å². The Labute approximate surface area is 160 Å². The van der Waals surface area contributed by atoms with E-state index in [-0.39, 0.29) is 12.2 Å². The summed E-state index contributed by atoms with van der Waals surface area (Å²) in [6.45, 7) is 2.47. The second kappa shape index (κ2) is 8.64. The van der Waals surface area contributed by atoms with E-state index in [1.165, 1.54) is 29.5 Å². The van der Waals surface area contributed by atoms with Crippen LogP contribution in [0.2, 0.25) is 0 Å². The Morgan fingerprint density at radius 2 is 2.04 bits per heavy atom. The second-order valence-corrected chi connectivity index (χ2v) is 6.39. The van der Waals surface area contributed by atoms with Gasteiger partial charge in [0.15, 0.2) is 11.5 Å². The quantitative estimate of drug-likeness (QED) is 0.550. The van der Waals surface area contributed by atoms with Gasteiger partial charge in [0.2, 0.25) is 0 Å². The predicted molar refractivity (Wildman–Crippen MR) is 101 cm³/mol. The summed E-state index contributed by atoms with van der Waals surface area (Å²) >= 11 is 1.43. The van der Waals surface area contributed by atoms with Crippen LogP contribution in [0.1, 0.15) is 23.0 Å². The number of carbonyl (C=O) groups excluding carboxylic acids is 1. The number of ether oxygens (including phenoxy) is 3. The van der Waals surface area contributed by atoms with Crippen molar-refractivity contribution < 1.29 is 23.4 Å². The van der Waals surface area contributed by atoms with Gasteiger partial charge in [-0.15, -0.1) is 11.3 Å². The molecule has 1 heterocycles. The molecule has 0 aliphatic heterocycles. The maximum atomic E-state index is 13.2. The van der Waals surface area contributed by atoms with Crippen LogP contribution in [-0.2, 0) is 11.3 Å². The van der Waals surface area contributed by atoms with Gasteiger partial charge in [0.05, 0.1) is 25.0 Å². The SMILES string of the molecule is CCOc1ccc(-c2nc(COC(=O)c3cccc(F)c3)cs2)cc1OC. The molecule has 5 nitrogen and oxygen atoms in total. The van der Waals surface area contributed by atoms with E-state index in [1.807, 2.05) is 30.5 Å². The first-order chi connectivity index (χ1) is 13.1. The number of nitrogens with zero attached hydrogens (tertiary/aromatic N) is 1. The van der Waals surface area contributed by atoms with Crippen LogP contribution in [0, 0.1) is 5.82 Å². The first kappa shape index (κ1) is 18.8. The third-order valence-electron chi connectivity index (χ3n) is 3.67. The lowest BCUT2D eigenvalue weighted by molar-refractivity contribution is 0.0468. The number of thiazole rings is 1. The summed E-state index contributed by atoms with van der Waals surface area (Å²) < 4.78 is 29.3. The summed E-state index contributed by atoms with van der Waals surface area (Å²) in [5, 5.41) is 2.59. The smallest absolute Gasteiger partial charge is 0.338 e. The Balaban J connectivity index is 1.69. The Kier molecular flexibility index (Phi) is 6.03. The van der Waals surface area contributed by atoms with Crippen molar-refractivity contribution >= 4 is 17.3 Å². The lowest BCUT2D eigenvalue weighted by Crippen LogP contribution is -2.05. The molecule has 0 amide bonds. The number of halogens is 1. The summed E-state index contributed by atoms with van der Waals surface area (Å²) in [5.41, 5.74) is 1.66. The first-order valence-electron chi connectivity index (χ1n) is 8.29. The van der Waals surface area contributed by atoms with Crippen molar-refractivity contribution in [2.75, 3.05) is 13.7 Å². The van der Waals surface area contributed by atoms with Crippen LogP contribution < -0.4 is 9.47 Å². The largest absolute Gasteiger partial charge is 0.493 e. The van der Waals surface area contributed by atoms with Crippen LogP contribution >= 0.6 is 11.3 Å². The van der Waals surface area contributed by atoms with Gasteiger partial charge in [-0.3, -0.25) is 0 Å². The minimum Gasteiger partial charge on any atom is -0.493 e. The van der Waals surface area contributed by atoms with Gasteiger partial charge in [-0.25, -0.2) is 14.2 Å². The molecule has 0 unspecified atom stereocenters. The number of hydrogen-bond donors (Lipinski definition) is 0. The maximum absolute atomic E-state index is 13.2. The molecule has 0 N–H and O–H groups in total. The molecule has 3 rings (SSSR count). The molecule has 3 aromatic rings. The minimum atomic E-state index is -0.591. The molecule has 0 radical (unpaired) electrons. The summed E-state index contributed by atoms with van der Waals surface area (Å²) in [4.78, 5) is 16.5. The van der Waals surface area contributed by atoms with Crippen LogP contribution in [0.4, 0.5) is 4.39 Å². The molecular formula is C20H18FNO4S. The number of rotatable bonds is 7. The van der Waals surface area contributed by atoms with E-state index in [9.17, 15) is 9.18 Å². The molecule has 7 heteroatoms. The molecule has 1 aromatic heterocycles. The third-order valence-corrected chi connectivity index (χ3v) is 4.61. The number of hydrogen-bond acceptors (Lipinski definition) is 6. The predicted octanol–water partition coefficient (Wildman–Crippen LogP) is 4.71. The average Bonchev–Trinajstić information content (AvgIpc) is 3.15. The highest BCUT2D eigenvalue weighted by molar-refractivity contribution is 7.13. The zero-order chi connectivity index (χ0) is 19.2. The Hall–Kier alpha value is -2.93. The van der Waals surface area contributed by atoms with Gasteiger partial charge in [-0.2, -0.15) is 0 Å². The summed E-state index contributed by atoms with van der Waals surface area (Å²) in [6.07, 6.45) is 0. The topological polar surface area (TPSA) is 57.7 Å². The number of esters is 1. The standard InChI is InChI=1S/C20H18FNO4S/c1-3-25-17-8-7-13(10-18(17)24-2)19-22-16(12-27-19)11-26-20(23)14-5-4-6-15(21)9-14/h4-10,12H,3,11H2,1-2H3. The summed E-state index contributed by atoms with van der Waals surface area (Å²) in [5.74, 6) is 0.227. The Bertz CT molecular complexity index is 941. The highest BCUT2D eigenvalue weighted by atomic mass is 32.1. The van der Waals surface area contributed by atoms with Gasteiger partial charge < -0.3 is 14.2 Å². The van der Waals surface area contributed by atoms with Crippen LogP contribution in [0.25, 0.3) is 10.6 Å². The van der Waals surface area contributed by atoms with Gasteiger partial charge in [-0.1, -0.05) is 6.07 Å². The van der Waals surface area contributed by atoms with Crippen LogP contribution in [-0.4, -0.2) is 24.7 Å². The maximum Gasteiger partial charge on any atom is 0.338 e. The molecule has 27 heavy (non-hydrogen) atoms. The van der Waals surface area contributed by atoms with E-state index in [0.717, 1.165) is 16.6 Å². The van der Waals surface area contributed by atoms with Crippen molar-refractivity contribution in [3.63, 3.8) is 0 Å². The minimum absolute atomic E-state index is 0.0139. The molecule has 0 spiro atoms. The highest BCUT2D eigenvalue weighted by Gasteiger charge is 2.12. The van der Waals surface area contributed by atoms with Gasteiger partial charge in [0, 0.05) is 10.9 Å². The van der Waals surface area contributed by atoms with Crippen molar-refractivity contribution in [1.29, 1.82) is 0 Å². The van der Waals surface area contributed by atoms with Crippen molar-refractivity contribution in [2.45, 2.75) is 13.5 Å². The molecule has 0 saturated carbocycles. The Morgan fingerprint density at radius 1 is 1.19 bits per heavy atom. The Morgan fingerprint density at radius 3 is 2.78 bits per heavy atom. The monoisotopic (exact) mass is 387 g/mol. The number of benzene rings is 2. The molecule has 0 atom stereocenters. The fourth-order valence-corrected chi connectivity index (χ4v) is 3.22. The highest BCUT2D eigenvalue weighted by Crippen LogP contribution is 2.33. The van der Waals surface area contributed by atoms with Crippen molar-refractivity contribution in [3.05, 3.63) is 64.9 Å². The number of aromatic nitrogens is 1. The average molecular weight is 387 g/mol. The molecule has 140 valence electrons. The van der Waals surface area contributed by atoms with E-state index in [1.54, 1.807) is 7.11 Å². The fourth-order valence-electron chi connectivity index (χ4n) is 2.42. The summed E-state index contributed by atoms with van der Waals surface area (Å²) in [7, 11) is 1.58. The lowest BCUT2D eigenvalue weighted by atomic mass is 10.2. The van der Waals surface area contributed by atoms with Gasteiger partial charge in [-0.05, 0) is 43.3 Å². The number of methoxy groups -OCH3 is 1. The molecular weight excluding hydrogens is 369 g/mol. The third kappa shape index (κ3) is 4.62. The first-order valence-corrected chi connectivity index (χ1v) is 9.17. The molecule has 2 aromatic carbocycles. The van der Waals surface area contributed by atoms with Crippen LogP contribution in [0.15, 0.2) is 47.8 Å². The van der Waals surface area contributed by atoms with E-state index in [4.69, 9.17) is 14.2 Å². The van der Waals surface area contributed by atoms with Gasteiger partial charge in [0.25, 0.3) is 0 Å². The second-order valence-electron chi connectivity index (χ2n) is 5.53. The molecule has 0 aliphatic rings. The zero-order valence-corrected chi connectivity index (χ0v) is 15.7. The van der Waals surface area contributed by atoms with Gasteiger partial charge >= 0.3 is 5.97 Å². The number of carbonyl (C=O) groups is 1. The zero-order valence-electron chi connectivity index (χ0n) is 14.9. The summed E-state index contributed by atoms with van der Waals surface area (Å²) in [6, 6.07) is 11.0. The molecule has 0 saturated heterocycles.